The van der Waals surface area contributed by atoms with Crippen molar-refractivity contribution in [3.63, 3.8) is 0 Å². The Balaban J connectivity index is 2.12. The molecule has 30 heavy (non-hydrogen) atoms. The first-order chi connectivity index (χ1) is 14.4. The lowest BCUT2D eigenvalue weighted by molar-refractivity contribution is -0.122. The second kappa shape index (κ2) is 7.17. The maximum atomic E-state index is 13.3. The van der Waals surface area contributed by atoms with Crippen LogP contribution in [0, 0.1) is 0 Å². The van der Waals surface area contributed by atoms with Gasteiger partial charge in [-0.05, 0) is 36.1 Å². The fraction of sp³-hybridized carbons (Fsp3) is 0.280. The smallest absolute Gasteiger partial charge is 0.196 e. The zero-order valence-electron chi connectivity index (χ0n) is 17.3. The number of aliphatic hydroxyl groups excluding tert-OH is 1. The average Bonchev–Trinajstić information content (AvgIpc) is 2.74. The number of aliphatic hydroxyl groups is 1. The summed E-state index contributed by atoms with van der Waals surface area (Å²) >= 11 is 0. The Morgan fingerprint density at radius 1 is 0.933 bits per heavy atom. The third-order valence-electron chi connectivity index (χ3n) is 6.33. The van der Waals surface area contributed by atoms with E-state index in [1.165, 1.54) is 6.07 Å². The Bertz CT molecular complexity index is 1260. The summed E-state index contributed by atoms with van der Waals surface area (Å²) in [5.74, 6) is -0.159. The fourth-order valence-corrected chi connectivity index (χ4v) is 4.57. The molecule has 0 spiro atoms. The molecule has 4 rings (SSSR count). The van der Waals surface area contributed by atoms with E-state index in [2.05, 4.69) is 0 Å². The first-order valence-corrected chi connectivity index (χ1v) is 10.3. The first kappa shape index (κ1) is 20.0. The van der Waals surface area contributed by atoms with Crippen LogP contribution in [0.15, 0.2) is 57.2 Å². The Labute approximate surface area is 174 Å². The van der Waals surface area contributed by atoms with E-state index in [1.54, 1.807) is 19.1 Å². The van der Waals surface area contributed by atoms with Crippen LogP contribution in [0.1, 0.15) is 51.4 Å². The minimum absolute atomic E-state index is 0.0217. The van der Waals surface area contributed by atoms with Gasteiger partial charge in [-0.25, -0.2) is 0 Å². The van der Waals surface area contributed by atoms with Crippen LogP contribution in [0.4, 0.5) is 0 Å². The lowest BCUT2D eigenvalue weighted by atomic mass is 9.68. The van der Waals surface area contributed by atoms with Gasteiger partial charge in [-0.1, -0.05) is 51.1 Å². The van der Waals surface area contributed by atoms with Gasteiger partial charge in [0.2, 0.25) is 0 Å². The number of hydrogen-bond donors (Lipinski definition) is 2. The normalized spacial score (nSPS) is 15.5. The molecule has 1 aliphatic carbocycles. The largest absolute Gasteiger partial charge is 0.507 e. The number of aromatic hydroxyl groups is 1. The number of rotatable bonds is 4. The molecule has 0 atom stereocenters. The summed E-state index contributed by atoms with van der Waals surface area (Å²) in [6.45, 7) is 5.54. The third kappa shape index (κ3) is 2.61. The highest BCUT2D eigenvalue weighted by atomic mass is 16.3. The van der Waals surface area contributed by atoms with Crippen molar-refractivity contribution in [2.75, 3.05) is 0 Å². The third-order valence-corrected chi connectivity index (χ3v) is 6.33. The average molecular weight is 404 g/mol. The summed E-state index contributed by atoms with van der Waals surface area (Å²) in [4.78, 5) is 26.5. The van der Waals surface area contributed by atoms with Gasteiger partial charge >= 0.3 is 0 Å². The zero-order chi connectivity index (χ0) is 21.6. The number of hydrogen-bond acceptors (Lipinski definition) is 5. The molecule has 3 aromatic rings. The number of carbonyl (C=O) groups is 1. The summed E-state index contributed by atoms with van der Waals surface area (Å²) in [6.07, 6.45) is 1.19. The molecule has 5 heteroatoms. The molecular weight excluding hydrogens is 380 g/mol. The molecule has 5 nitrogen and oxygen atoms in total. The number of benzene rings is 2. The highest BCUT2D eigenvalue weighted by Gasteiger charge is 2.48. The number of fused-ring (bicyclic) bond motifs is 2. The second-order valence-electron chi connectivity index (χ2n) is 7.66. The van der Waals surface area contributed by atoms with E-state index in [0.29, 0.717) is 24.8 Å². The van der Waals surface area contributed by atoms with E-state index in [9.17, 15) is 19.8 Å². The number of ketones is 1. The quantitative estimate of drug-likeness (QED) is 0.601. The van der Waals surface area contributed by atoms with Crippen LogP contribution in [0.2, 0.25) is 0 Å². The summed E-state index contributed by atoms with van der Waals surface area (Å²) in [7, 11) is 0. The fourth-order valence-electron chi connectivity index (χ4n) is 4.57. The lowest BCUT2D eigenvalue weighted by Gasteiger charge is -2.35. The number of phenolic OH excluding ortho intramolecular Hbond substituents is 1. The molecule has 0 bridgehead atoms. The summed E-state index contributed by atoms with van der Waals surface area (Å²) in [5.41, 5.74) is -0.743. The highest BCUT2D eigenvalue weighted by Crippen LogP contribution is 2.46. The monoisotopic (exact) mass is 404 g/mol. The van der Waals surface area contributed by atoms with Crippen LogP contribution in [-0.2, 0) is 10.2 Å². The Morgan fingerprint density at radius 3 is 2.30 bits per heavy atom. The van der Waals surface area contributed by atoms with Crippen molar-refractivity contribution in [3.05, 3.63) is 69.6 Å². The predicted molar refractivity (Wildman–Crippen MR) is 117 cm³/mol. The molecule has 154 valence electrons. The topological polar surface area (TPSA) is 87.7 Å². The molecule has 0 radical (unpaired) electrons. The minimum atomic E-state index is -1.03. The maximum absolute atomic E-state index is 13.3. The van der Waals surface area contributed by atoms with Gasteiger partial charge in [0.1, 0.15) is 28.6 Å². The van der Waals surface area contributed by atoms with Gasteiger partial charge < -0.3 is 14.6 Å². The molecule has 0 fully saturated rings. The van der Waals surface area contributed by atoms with Crippen LogP contribution in [0.25, 0.3) is 27.9 Å². The molecule has 0 saturated carbocycles. The van der Waals surface area contributed by atoms with E-state index in [4.69, 9.17) is 4.42 Å². The van der Waals surface area contributed by atoms with Crippen LogP contribution >= 0.6 is 0 Å². The van der Waals surface area contributed by atoms with Crippen LogP contribution in [0.3, 0.4) is 0 Å². The van der Waals surface area contributed by atoms with Crippen molar-refractivity contribution in [1.29, 1.82) is 0 Å². The van der Waals surface area contributed by atoms with Crippen molar-refractivity contribution in [2.45, 2.75) is 45.4 Å². The van der Waals surface area contributed by atoms with Gasteiger partial charge in [-0.15, -0.1) is 0 Å². The predicted octanol–water partition coefficient (Wildman–Crippen LogP) is 5.49. The van der Waals surface area contributed by atoms with Crippen molar-refractivity contribution in [2.24, 2.45) is 0 Å². The van der Waals surface area contributed by atoms with Gasteiger partial charge in [0, 0.05) is 11.6 Å². The molecule has 0 unspecified atom stereocenters. The SMILES string of the molecule is CCC1=C(O)c2c(oc(-c3c(O)ccc4ccccc34)cc2=O)C(CC)(CC)C1=O. The summed E-state index contributed by atoms with van der Waals surface area (Å²) in [6, 6.07) is 12.1. The van der Waals surface area contributed by atoms with E-state index >= 15 is 0 Å². The molecule has 2 N–H and O–H groups in total. The van der Waals surface area contributed by atoms with Crippen molar-refractivity contribution in [3.8, 4) is 17.1 Å². The van der Waals surface area contributed by atoms with E-state index in [-0.39, 0.29) is 39.9 Å². The lowest BCUT2D eigenvalue weighted by Crippen LogP contribution is -2.41. The van der Waals surface area contributed by atoms with Gasteiger partial charge in [-0.3, -0.25) is 9.59 Å². The molecule has 0 amide bonds. The van der Waals surface area contributed by atoms with E-state index < -0.39 is 10.8 Å². The van der Waals surface area contributed by atoms with E-state index in [1.807, 2.05) is 38.1 Å². The standard InChI is InChI=1S/C25H24O5/c1-4-15-22(28)21-18(27)13-19(30-24(21)25(5-2,6-3)23(15)29)20-16-10-8-7-9-14(16)11-12-17(20)26/h7-13,26,28H,4-6H2,1-3H3. The van der Waals surface area contributed by atoms with Crippen LogP contribution < -0.4 is 5.43 Å². The van der Waals surface area contributed by atoms with Gasteiger partial charge in [0.25, 0.3) is 0 Å². The number of phenols is 1. The minimum Gasteiger partial charge on any atom is -0.507 e. The Morgan fingerprint density at radius 2 is 1.63 bits per heavy atom. The number of allylic oxidation sites excluding steroid dienone is 1. The Hall–Kier alpha value is -3.34. The first-order valence-electron chi connectivity index (χ1n) is 10.3. The molecular formula is C25H24O5. The maximum Gasteiger partial charge on any atom is 0.196 e. The zero-order valence-corrected chi connectivity index (χ0v) is 17.3. The molecule has 0 saturated heterocycles. The Kier molecular flexibility index (Phi) is 4.77. The van der Waals surface area contributed by atoms with Crippen LogP contribution in [0.5, 0.6) is 5.75 Å². The summed E-state index contributed by atoms with van der Waals surface area (Å²) < 4.78 is 6.21. The second-order valence-corrected chi connectivity index (χ2v) is 7.66. The van der Waals surface area contributed by atoms with Gasteiger partial charge in [-0.2, -0.15) is 0 Å². The summed E-state index contributed by atoms with van der Waals surface area (Å²) in [5, 5.41) is 22.9. The molecule has 1 aromatic heterocycles. The number of carbonyl (C=O) groups excluding carboxylic acids is 1. The highest BCUT2D eigenvalue weighted by molar-refractivity contribution is 6.10. The van der Waals surface area contributed by atoms with Gasteiger partial charge in [0.15, 0.2) is 11.2 Å². The van der Waals surface area contributed by atoms with E-state index in [0.717, 1.165) is 10.8 Å². The molecule has 2 aromatic carbocycles. The van der Waals surface area contributed by atoms with Gasteiger partial charge in [0.05, 0.1) is 11.0 Å². The number of Topliss-reactive ketones (excluding diaryl/α,β-unsaturated/α-hetero) is 1. The van der Waals surface area contributed by atoms with Crippen LogP contribution in [-0.4, -0.2) is 16.0 Å². The molecule has 0 aliphatic heterocycles. The van der Waals surface area contributed by atoms with Crippen molar-refractivity contribution >= 4 is 22.3 Å². The molecule has 1 heterocycles. The molecule has 1 aliphatic rings. The van der Waals surface area contributed by atoms with Crippen molar-refractivity contribution in [1.82, 2.24) is 0 Å². The van der Waals surface area contributed by atoms with Crippen molar-refractivity contribution < 1.29 is 19.4 Å².